The zero-order valence-electron chi connectivity index (χ0n) is 15.2. The van der Waals surface area contributed by atoms with Crippen LogP contribution in [0.25, 0.3) is 0 Å². The largest absolute Gasteiger partial charge is 0.355 e. The number of nitrogens with two attached hydrogens (primary N) is 1. The number of amides is 1. The highest BCUT2D eigenvalue weighted by Gasteiger charge is 2.26. The fourth-order valence-electron chi connectivity index (χ4n) is 3.29. The molecule has 0 aliphatic carbocycles. The molecule has 1 aromatic carbocycles. The Hall–Kier alpha value is -0.810. The molecule has 1 heterocycles. The van der Waals surface area contributed by atoms with Gasteiger partial charge in [-0.15, -0.1) is 24.8 Å². The predicted molar refractivity (Wildman–Crippen MR) is 110 cm³/mol. The zero-order valence-corrected chi connectivity index (χ0v) is 16.8. The van der Waals surface area contributed by atoms with Crippen molar-refractivity contribution in [3.8, 4) is 0 Å². The van der Waals surface area contributed by atoms with Crippen LogP contribution in [0.5, 0.6) is 0 Å². The molecule has 0 aromatic heterocycles. The molecule has 1 aromatic rings. The highest BCUT2D eigenvalue weighted by molar-refractivity contribution is 5.85. The van der Waals surface area contributed by atoms with Crippen molar-refractivity contribution in [2.24, 2.45) is 11.7 Å². The van der Waals surface area contributed by atoms with Gasteiger partial charge in [0.2, 0.25) is 5.91 Å². The van der Waals surface area contributed by atoms with Crippen molar-refractivity contribution in [2.75, 3.05) is 26.2 Å². The Morgan fingerprint density at radius 2 is 1.84 bits per heavy atom. The lowest BCUT2D eigenvalue weighted by atomic mass is 9.89. The van der Waals surface area contributed by atoms with E-state index in [9.17, 15) is 4.79 Å². The van der Waals surface area contributed by atoms with Crippen LogP contribution < -0.4 is 11.1 Å². The quantitative estimate of drug-likeness (QED) is 0.671. The molecule has 1 unspecified atom stereocenters. The number of likely N-dealkylation sites (tertiary alicyclic amines) is 1. The SMILES string of the molecule is CC(C(=O)NCCCCN)N1CCC(Cc2ccccc2)CC1.Cl.Cl. The monoisotopic (exact) mass is 389 g/mol. The van der Waals surface area contributed by atoms with Crippen molar-refractivity contribution in [3.63, 3.8) is 0 Å². The van der Waals surface area contributed by atoms with Crippen molar-refractivity contribution in [2.45, 2.75) is 45.1 Å². The van der Waals surface area contributed by atoms with Crippen LogP contribution in [0.1, 0.15) is 38.2 Å². The van der Waals surface area contributed by atoms with Crippen LogP contribution in [0, 0.1) is 5.92 Å². The Morgan fingerprint density at radius 3 is 2.44 bits per heavy atom. The lowest BCUT2D eigenvalue weighted by Gasteiger charge is -2.35. The van der Waals surface area contributed by atoms with Crippen LogP contribution in [-0.4, -0.2) is 43.0 Å². The third-order valence-electron chi connectivity index (χ3n) is 4.87. The molecule has 1 atom stereocenters. The Kier molecular flexibility index (Phi) is 13.0. The van der Waals surface area contributed by atoms with E-state index in [0.29, 0.717) is 6.54 Å². The summed E-state index contributed by atoms with van der Waals surface area (Å²) in [4.78, 5) is 14.5. The molecular formula is C19H33Cl2N3O. The Bertz CT molecular complexity index is 465. The van der Waals surface area contributed by atoms with Crippen LogP contribution in [0.4, 0.5) is 0 Å². The molecule has 144 valence electrons. The molecule has 0 spiro atoms. The van der Waals surface area contributed by atoms with E-state index in [4.69, 9.17) is 5.73 Å². The van der Waals surface area contributed by atoms with Gasteiger partial charge in [-0.3, -0.25) is 9.69 Å². The number of benzene rings is 1. The predicted octanol–water partition coefficient (Wildman–Crippen LogP) is 3.03. The van der Waals surface area contributed by atoms with E-state index < -0.39 is 0 Å². The maximum atomic E-state index is 12.2. The summed E-state index contributed by atoms with van der Waals surface area (Å²) in [5.41, 5.74) is 6.90. The number of rotatable bonds is 8. The molecule has 1 aliphatic heterocycles. The average molecular weight is 390 g/mol. The number of unbranched alkanes of at least 4 members (excludes halogenated alkanes) is 1. The highest BCUT2D eigenvalue weighted by atomic mass is 35.5. The molecule has 0 bridgehead atoms. The van der Waals surface area contributed by atoms with E-state index >= 15 is 0 Å². The molecule has 6 heteroatoms. The van der Waals surface area contributed by atoms with E-state index in [0.717, 1.165) is 44.8 Å². The van der Waals surface area contributed by atoms with Crippen molar-refractivity contribution < 1.29 is 4.79 Å². The number of carbonyl (C=O) groups is 1. The van der Waals surface area contributed by atoms with Crippen LogP contribution in [0.15, 0.2) is 30.3 Å². The summed E-state index contributed by atoms with van der Waals surface area (Å²) in [6.45, 7) is 5.50. The van der Waals surface area contributed by atoms with Gasteiger partial charge in [0.05, 0.1) is 6.04 Å². The molecule has 0 radical (unpaired) electrons. The van der Waals surface area contributed by atoms with Gasteiger partial charge in [0.1, 0.15) is 0 Å². The molecule has 1 saturated heterocycles. The molecule has 2 rings (SSSR count). The van der Waals surface area contributed by atoms with Gasteiger partial charge in [-0.05, 0) is 70.1 Å². The number of carbonyl (C=O) groups excluding carboxylic acids is 1. The summed E-state index contributed by atoms with van der Waals surface area (Å²) in [5, 5.41) is 3.03. The van der Waals surface area contributed by atoms with Crippen molar-refractivity contribution in [1.82, 2.24) is 10.2 Å². The van der Waals surface area contributed by atoms with Crippen molar-refractivity contribution in [1.29, 1.82) is 0 Å². The standard InChI is InChI=1S/C19H31N3O.2ClH/c1-16(19(23)21-12-6-5-11-20)22-13-9-18(10-14-22)15-17-7-3-2-4-8-17;;/h2-4,7-8,16,18H,5-6,9-15,20H2,1H3,(H,21,23);2*1H. The average Bonchev–Trinajstić information content (AvgIpc) is 2.59. The number of piperidine rings is 1. The first-order chi connectivity index (χ1) is 11.2. The van der Waals surface area contributed by atoms with E-state index in [-0.39, 0.29) is 36.8 Å². The van der Waals surface area contributed by atoms with Gasteiger partial charge in [-0.1, -0.05) is 30.3 Å². The molecule has 1 fully saturated rings. The normalized spacial score (nSPS) is 16.4. The van der Waals surface area contributed by atoms with Crippen LogP contribution in [0.2, 0.25) is 0 Å². The van der Waals surface area contributed by atoms with Gasteiger partial charge < -0.3 is 11.1 Å². The van der Waals surface area contributed by atoms with Gasteiger partial charge in [0, 0.05) is 6.54 Å². The highest BCUT2D eigenvalue weighted by Crippen LogP contribution is 2.22. The second-order valence-electron chi connectivity index (χ2n) is 6.63. The van der Waals surface area contributed by atoms with Gasteiger partial charge in [-0.25, -0.2) is 0 Å². The number of nitrogens with zero attached hydrogens (tertiary/aromatic N) is 1. The minimum atomic E-state index is -0.0226. The first-order valence-corrected chi connectivity index (χ1v) is 8.96. The van der Waals surface area contributed by atoms with Gasteiger partial charge in [0.25, 0.3) is 0 Å². The molecule has 1 aliphatic rings. The number of nitrogens with one attached hydrogen (secondary N) is 1. The molecule has 0 saturated carbocycles. The first kappa shape index (κ1) is 24.2. The second-order valence-corrected chi connectivity index (χ2v) is 6.63. The summed E-state index contributed by atoms with van der Waals surface area (Å²) in [6.07, 6.45) is 5.46. The third kappa shape index (κ3) is 8.41. The Morgan fingerprint density at radius 1 is 1.20 bits per heavy atom. The molecule has 3 N–H and O–H groups in total. The molecular weight excluding hydrogens is 357 g/mol. The molecule has 25 heavy (non-hydrogen) atoms. The minimum Gasteiger partial charge on any atom is -0.355 e. The van der Waals surface area contributed by atoms with Gasteiger partial charge in [0.15, 0.2) is 0 Å². The summed E-state index contributed by atoms with van der Waals surface area (Å²) in [7, 11) is 0. The molecule has 4 nitrogen and oxygen atoms in total. The van der Waals surface area contributed by atoms with E-state index in [1.165, 1.54) is 18.4 Å². The summed E-state index contributed by atoms with van der Waals surface area (Å²) in [6, 6.07) is 10.7. The van der Waals surface area contributed by atoms with Crippen molar-refractivity contribution in [3.05, 3.63) is 35.9 Å². The maximum absolute atomic E-state index is 12.2. The fourth-order valence-corrected chi connectivity index (χ4v) is 3.29. The topological polar surface area (TPSA) is 58.4 Å². The minimum absolute atomic E-state index is 0. The maximum Gasteiger partial charge on any atom is 0.237 e. The summed E-state index contributed by atoms with van der Waals surface area (Å²) in [5.74, 6) is 0.900. The molecule has 1 amide bonds. The lowest BCUT2D eigenvalue weighted by molar-refractivity contribution is -0.126. The smallest absolute Gasteiger partial charge is 0.237 e. The fraction of sp³-hybridized carbons (Fsp3) is 0.632. The number of hydrogen-bond acceptors (Lipinski definition) is 3. The summed E-state index contributed by atoms with van der Waals surface area (Å²) >= 11 is 0. The third-order valence-corrected chi connectivity index (χ3v) is 4.87. The van der Waals surface area contributed by atoms with Crippen molar-refractivity contribution >= 4 is 30.7 Å². The zero-order chi connectivity index (χ0) is 16.5. The van der Waals surface area contributed by atoms with Crippen LogP contribution in [-0.2, 0) is 11.2 Å². The van der Waals surface area contributed by atoms with Crippen LogP contribution in [0.3, 0.4) is 0 Å². The van der Waals surface area contributed by atoms with E-state index in [2.05, 4.69) is 40.5 Å². The number of halogens is 2. The summed E-state index contributed by atoms with van der Waals surface area (Å²) < 4.78 is 0. The lowest BCUT2D eigenvalue weighted by Crippen LogP contribution is -2.48. The van der Waals surface area contributed by atoms with Crippen LogP contribution >= 0.6 is 24.8 Å². The number of hydrogen-bond donors (Lipinski definition) is 2. The van der Waals surface area contributed by atoms with E-state index in [1.807, 2.05) is 6.92 Å². The van der Waals surface area contributed by atoms with Gasteiger partial charge in [-0.2, -0.15) is 0 Å². The van der Waals surface area contributed by atoms with Gasteiger partial charge >= 0.3 is 0 Å². The Balaban J connectivity index is 0.00000288. The second kappa shape index (κ2) is 13.4. The Labute approximate surface area is 164 Å². The first-order valence-electron chi connectivity index (χ1n) is 8.96. The van der Waals surface area contributed by atoms with E-state index in [1.54, 1.807) is 0 Å².